The number of nitrogens with one attached hydrogen (secondary N) is 2. The fourth-order valence-corrected chi connectivity index (χ4v) is 4.00. The lowest BCUT2D eigenvalue weighted by atomic mass is 10.0. The van der Waals surface area contributed by atoms with Crippen LogP contribution >= 0.6 is 22.9 Å². The van der Waals surface area contributed by atoms with Crippen LogP contribution in [0.15, 0.2) is 5.38 Å². The predicted molar refractivity (Wildman–Crippen MR) is 107 cm³/mol. The lowest BCUT2D eigenvalue weighted by Crippen LogP contribution is -2.52. The molecule has 12 heteroatoms. The molecule has 0 saturated carbocycles. The number of piperidine rings is 1. The van der Waals surface area contributed by atoms with Gasteiger partial charge in [0.2, 0.25) is 0 Å². The molecule has 0 aromatic carbocycles. The fourth-order valence-electron chi connectivity index (χ4n) is 2.90. The van der Waals surface area contributed by atoms with E-state index in [1.165, 1.54) is 16.7 Å². The Balaban J connectivity index is 0.000000253. The van der Waals surface area contributed by atoms with E-state index in [1.807, 2.05) is 18.9 Å². The molecule has 2 atom stereocenters. The van der Waals surface area contributed by atoms with Gasteiger partial charge in [-0.05, 0) is 19.9 Å². The first-order valence-electron chi connectivity index (χ1n) is 8.90. The van der Waals surface area contributed by atoms with Crippen LogP contribution in [0.2, 0.25) is 5.15 Å². The summed E-state index contributed by atoms with van der Waals surface area (Å²) in [6.07, 6.45) is 2.38. The molecule has 1 aliphatic rings. The van der Waals surface area contributed by atoms with Crippen LogP contribution in [0, 0.1) is 0 Å². The summed E-state index contributed by atoms with van der Waals surface area (Å²) >= 11 is 6.92. The molecule has 1 aliphatic heterocycles. The maximum Gasteiger partial charge on any atom is 0.398 e. The van der Waals surface area contributed by atoms with Gasteiger partial charge in [-0.25, -0.2) is 19.7 Å². The van der Waals surface area contributed by atoms with Crippen molar-refractivity contribution < 1.29 is 23.8 Å². The number of rotatable bonds is 6. The lowest BCUT2D eigenvalue weighted by molar-refractivity contribution is -0.0792. The summed E-state index contributed by atoms with van der Waals surface area (Å²) in [5.41, 5.74) is 0.802. The van der Waals surface area contributed by atoms with Crippen molar-refractivity contribution in [2.75, 3.05) is 32.1 Å². The summed E-state index contributed by atoms with van der Waals surface area (Å²) < 4.78 is 17.3. The molecule has 160 valence electrons. The number of aldehydes is 1. The van der Waals surface area contributed by atoms with Crippen molar-refractivity contribution in [2.45, 2.75) is 31.9 Å². The van der Waals surface area contributed by atoms with Crippen molar-refractivity contribution >= 4 is 40.3 Å². The zero-order valence-corrected chi connectivity index (χ0v) is 17.8. The van der Waals surface area contributed by atoms with Crippen LogP contribution in [0.4, 0.5) is 9.66 Å². The van der Waals surface area contributed by atoms with Gasteiger partial charge in [0, 0.05) is 36.1 Å². The monoisotopic (exact) mass is 447 g/mol. The van der Waals surface area contributed by atoms with E-state index in [9.17, 15) is 14.1 Å². The third kappa shape index (κ3) is 5.95. The topological polar surface area (TPSA) is 109 Å². The Hall–Kier alpha value is -2.08. The Morgan fingerprint density at radius 1 is 1.55 bits per heavy atom. The van der Waals surface area contributed by atoms with Crippen molar-refractivity contribution in [2.24, 2.45) is 0 Å². The summed E-state index contributed by atoms with van der Waals surface area (Å²) in [5, 5.41) is 5.78. The Morgan fingerprint density at radius 3 is 2.83 bits per heavy atom. The van der Waals surface area contributed by atoms with E-state index in [0.717, 1.165) is 25.1 Å². The molecule has 2 aromatic heterocycles. The molecule has 3 rings (SSSR count). The molecule has 0 spiro atoms. The van der Waals surface area contributed by atoms with Gasteiger partial charge in [-0.2, -0.15) is 0 Å². The van der Waals surface area contributed by atoms with E-state index in [-0.39, 0.29) is 11.8 Å². The maximum atomic E-state index is 11.8. The summed E-state index contributed by atoms with van der Waals surface area (Å²) in [7, 11) is 3.58. The molecule has 2 aromatic rings. The van der Waals surface area contributed by atoms with Gasteiger partial charge in [-0.3, -0.25) is 4.79 Å². The lowest BCUT2D eigenvalue weighted by Gasteiger charge is -2.37. The standard InChI is InChI=1S/C11H16FN3O3S.C6H7ClN2O/c1-13-7-3-4-15(5-9(7)17-2)11-14-8(6-19-11)10(16)18-12;1-2-4-6(7)9-5(3-10)8-4/h6-7,9,13H,3-5H2,1-2H3;3H,2H2,1H3,(H,8,9)/t7-,9+;/m1./s1. The SMILES string of the molecule is CCc1[nH]c(C=O)nc1Cl.CN[C@@H]1CCN(c2nc(C(=O)OF)cs2)C[C@@H]1OC. The number of likely N-dealkylation sites (N-methyl/N-ethyl adjacent to an activating group) is 1. The van der Waals surface area contributed by atoms with Crippen LogP contribution in [0.1, 0.15) is 40.1 Å². The Kier molecular flexibility index (Phi) is 8.96. The molecular weight excluding hydrogens is 425 g/mol. The van der Waals surface area contributed by atoms with Crippen LogP contribution in [-0.2, 0) is 16.1 Å². The van der Waals surface area contributed by atoms with Gasteiger partial charge in [0.05, 0.1) is 11.8 Å². The van der Waals surface area contributed by atoms with Crippen molar-refractivity contribution in [3.63, 3.8) is 0 Å². The molecule has 1 fully saturated rings. The molecule has 0 radical (unpaired) electrons. The van der Waals surface area contributed by atoms with E-state index in [4.69, 9.17) is 16.3 Å². The van der Waals surface area contributed by atoms with E-state index in [1.54, 1.807) is 7.11 Å². The Bertz CT molecular complexity index is 818. The summed E-state index contributed by atoms with van der Waals surface area (Å²) in [6, 6.07) is 0.302. The second-order valence-electron chi connectivity index (χ2n) is 6.15. The van der Waals surface area contributed by atoms with Crippen LogP contribution in [-0.4, -0.2) is 66.6 Å². The van der Waals surface area contributed by atoms with E-state index < -0.39 is 5.97 Å². The van der Waals surface area contributed by atoms with Crippen LogP contribution in [0.25, 0.3) is 0 Å². The average molecular weight is 448 g/mol. The van der Waals surface area contributed by atoms with Gasteiger partial charge in [0.1, 0.15) is 0 Å². The minimum atomic E-state index is -1.06. The number of nitrogens with zero attached hydrogens (tertiary/aromatic N) is 3. The first-order chi connectivity index (χ1) is 14.0. The van der Waals surface area contributed by atoms with Gasteiger partial charge in [-0.1, -0.05) is 18.5 Å². The Morgan fingerprint density at radius 2 is 2.31 bits per heavy atom. The number of ether oxygens (including phenoxy) is 1. The Labute approximate surface area is 176 Å². The second kappa shape index (κ2) is 11.2. The molecule has 1 saturated heterocycles. The number of methoxy groups -OCH3 is 1. The smallest absolute Gasteiger partial charge is 0.378 e. The van der Waals surface area contributed by atoms with Crippen LogP contribution in [0.3, 0.4) is 0 Å². The van der Waals surface area contributed by atoms with E-state index in [0.29, 0.717) is 35.0 Å². The number of aryl methyl sites for hydroxylation is 1. The highest BCUT2D eigenvalue weighted by molar-refractivity contribution is 7.13. The molecule has 3 heterocycles. The van der Waals surface area contributed by atoms with E-state index >= 15 is 0 Å². The number of carbonyl (C=O) groups is 2. The molecule has 29 heavy (non-hydrogen) atoms. The number of halogens is 2. The number of hydrogen-bond donors (Lipinski definition) is 2. The van der Waals surface area contributed by atoms with Crippen molar-refractivity contribution in [1.82, 2.24) is 20.3 Å². The quantitative estimate of drug-likeness (QED) is 0.650. The number of aromatic nitrogens is 3. The number of anilines is 1. The fraction of sp³-hybridized carbons (Fsp3) is 0.529. The van der Waals surface area contributed by atoms with E-state index in [2.05, 4.69) is 25.2 Å². The summed E-state index contributed by atoms with van der Waals surface area (Å²) in [6.45, 7) is 3.43. The minimum Gasteiger partial charge on any atom is -0.378 e. The highest BCUT2D eigenvalue weighted by atomic mass is 35.5. The second-order valence-corrected chi connectivity index (χ2v) is 7.34. The maximum absolute atomic E-state index is 11.8. The largest absolute Gasteiger partial charge is 0.398 e. The van der Waals surface area contributed by atoms with Gasteiger partial charge >= 0.3 is 5.97 Å². The molecule has 0 unspecified atom stereocenters. The van der Waals surface area contributed by atoms with Crippen molar-refractivity contribution in [3.05, 3.63) is 27.7 Å². The normalized spacial score (nSPS) is 18.7. The molecule has 0 aliphatic carbocycles. The average Bonchev–Trinajstić information content (AvgIpc) is 3.39. The molecular formula is C17H23ClFN5O4S. The third-order valence-electron chi connectivity index (χ3n) is 4.49. The number of carbonyl (C=O) groups excluding carboxylic acids is 2. The van der Waals surface area contributed by atoms with Crippen molar-refractivity contribution in [1.29, 1.82) is 0 Å². The number of aromatic amines is 1. The zero-order valence-electron chi connectivity index (χ0n) is 16.3. The predicted octanol–water partition coefficient (Wildman–Crippen LogP) is 2.44. The summed E-state index contributed by atoms with van der Waals surface area (Å²) in [5.74, 6) is -0.766. The van der Waals surface area contributed by atoms with Crippen molar-refractivity contribution in [3.8, 4) is 0 Å². The highest BCUT2D eigenvalue weighted by Crippen LogP contribution is 2.25. The van der Waals surface area contributed by atoms with Crippen LogP contribution < -0.4 is 10.2 Å². The number of imidazole rings is 1. The van der Waals surface area contributed by atoms with Gasteiger partial charge in [0.25, 0.3) is 0 Å². The minimum absolute atomic E-state index is 0.00722. The first-order valence-corrected chi connectivity index (χ1v) is 10.2. The highest BCUT2D eigenvalue weighted by Gasteiger charge is 2.29. The van der Waals surface area contributed by atoms with Gasteiger partial charge in [0.15, 0.2) is 28.1 Å². The number of hydrogen-bond acceptors (Lipinski definition) is 9. The zero-order chi connectivity index (χ0) is 21.4. The molecule has 0 amide bonds. The van der Waals surface area contributed by atoms with Gasteiger partial charge < -0.3 is 19.9 Å². The molecule has 2 N–H and O–H groups in total. The first kappa shape index (κ1) is 23.2. The third-order valence-corrected chi connectivity index (χ3v) is 5.70. The molecule has 0 bridgehead atoms. The van der Waals surface area contributed by atoms with Crippen LogP contribution in [0.5, 0.6) is 0 Å². The molecule has 9 nitrogen and oxygen atoms in total. The number of thiazole rings is 1. The summed E-state index contributed by atoms with van der Waals surface area (Å²) in [4.78, 5) is 36.9. The number of H-pyrrole nitrogens is 1. The van der Waals surface area contributed by atoms with Gasteiger partial charge in [-0.15, -0.1) is 11.3 Å².